The molecule has 0 bridgehead atoms. The van der Waals surface area contributed by atoms with Crippen LogP contribution >= 0.6 is 0 Å². The van der Waals surface area contributed by atoms with E-state index >= 15 is 0 Å². The molecule has 0 aromatic heterocycles. The van der Waals surface area contributed by atoms with E-state index in [1.165, 1.54) is 33.0 Å². The van der Waals surface area contributed by atoms with Gasteiger partial charge in [0.2, 0.25) is 0 Å². The molecule has 0 spiro atoms. The van der Waals surface area contributed by atoms with Gasteiger partial charge in [-0.25, -0.2) is 0 Å². The van der Waals surface area contributed by atoms with Gasteiger partial charge in [0.1, 0.15) is 0 Å². The van der Waals surface area contributed by atoms with E-state index in [1.54, 1.807) is 0 Å². The summed E-state index contributed by atoms with van der Waals surface area (Å²) in [7, 11) is 0. The summed E-state index contributed by atoms with van der Waals surface area (Å²) < 4.78 is 0. The molecule has 1 aliphatic rings. The van der Waals surface area contributed by atoms with Crippen LogP contribution < -0.4 is 0 Å². The van der Waals surface area contributed by atoms with Gasteiger partial charge in [-0.2, -0.15) is 0 Å². The predicted octanol–water partition coefficient (Wildman–Crippen LogP) is 5.09. The summed E-state index contributed by atoms with van der Waals surface area (Å²) >= 11 is 0. The van der Waals surface area contributed by atoms with E-state index in [2.05, 4.69) is 49.6 Å². The van der Waals surface area contributed by atoms with Gasteiger partial charge in [-0.15, -0.1) is 0 Å². The molecule has 0 N–H and O–H groups in total. The first kappa shape index (κ1) is 11.0. The van der Waals surface area contributed by atoms with Gasteiger partial charge in [0, 0.05) is 0 Å². The van der Waals surface area contributed by atoms with Crippen molar-refractivity contribution in [1.82, 2.24) is 0 Å². The van der Waals surface area contributed by atoms with Gasteiger partial charge >= 0.3 is 0 Å². The molecule has 0 amide bonds. The number of hydrogen-bond acceptors (Lipinski definition) is 0. The molecule has 0 radical (unpaired) electrons. The predicted molar refractivity (Wildman–Crippen MR) is 81.5 cm³/mol. The van der Waals surface area contributed by atoms with Crippen LogP contribution in [0.2, 0.25) is 0 Å². The summed E-state index contributed by atoms with van der Waals surface area (Å²) in [6, 6.07) is 8.60. The van der Waals surface area contributed by atoms with Gasteiger partial charge in [0.15, 0.2) is 0 Å². The molecule has 2 aromatic carbocycles. The van der Waals surface area contributed by atoms with Gasteiger partial charge in [-0.1, -0.05) is 61.7 Å². The molecule has 0 aliphatic heterocycles. The Kier molecular flexibility index (Phi) is 2.64. The lowest BCUT2D eigenvalue weighted by molar-refractivity contribution is 0.996. The van der Waals surface area contributed by atoms with Crippen molar-refractivity contribution in [3.63, 3.8) is 0 Å². The molecule has 3 rings (SSSR count). The van der Waals surface area contributed by atoms with Crippen LogP contribution in [0.15, 0.2) is 43.5 Å². The van der Waals surface area contributed by atoms with Crippen LogP contribution in [-0.2, 0) is 6.42 Å². The van der Waals surface area contributed by atoms with E-state index in [-0.39, 0.29) is 0 Å². The molecule has 0 unspecified atom stereocenters. The lowest BCUT2D eigenvalue weighted by Gasteiger charge is -2.19. The zero-order valence-corrected chi connectivity index (χ0v) is 10.4. The number of fused-ring (bicyclic) bond motifs is 3. The number of allylic oxidation sites excluding steroid dienone is 1. The third kappa shape index (κ3) is 1.46. The van der Waals surface area contributed by atoms with Crippen LogP contribution in [0.4, 0.5) is 0 Å². The van der Waals surface area contributed by atoms with Crippen molar-refractivity contribution in [1.29, 1.82) is 0 Å². The first-order valence-electron chi connectivity index (χ1n) is 6.36. The second kappa shape index (κ2) is 4.30. The monoisotopic (exact) mass is 232 g/mol. The van der Waals surface area contributed by atoms with Crippen LogP contribution in [0.3, 0.4) is 0 Å². The molecule has 0 fully saturated rings. The highest BCUT2D eigenvalue weighted by Crippen LogP contribution is 2.35. The number of rotatable bonds is 2. The molecule has 0 heteroatoms. The highest BCUT2D eigenvalue weighted by molar-refractivity contribution is 5.99. The van der Waals surface area contributed by atoms with Crippen molar-refractivity contribution >= 4 is 29.0 Å². The van der Waals surface area contributed by atoms with E-state index in [0.29, 0.717) is 0 Å². The zero-order chi connectivity index (χ0) is 12.5. The molecule has 2 aromatic rings. The minimum atomic E-state index is 1.12. The minimum Gasteiger partial charge on any atom is -0.0984 e. The molecule has 0 heterocycles. The summed E-state index contributed by atoms with van der Waals surface area (Å²) in [4.78, 5) is 0. The van der Waals surface area contributed by atoms with E-state index in [0.717, 1.165) is 12.8 Å². The smallest absolute Gasteiger partial charge is 0.0102 e. The first-order chi connectivity index (χ1) is 8.86. The van der Waals surface area contributed by atoms with Crippen LogP contribution in [-0.4, -0.2) is 0 Å². The largest absolute Gasteiger partial charge is 0.0984 e. The highest BCUT2D eigenvalue weighted by Gasteiger charge is 2.15. The van der Waals surface area contributed by atoms with Crippen molar-refractivity contribution in [3.05, 3.63) is 65.8 Å². The molecule has 0 saturated carbocycles. The maximum Gasteiger partial charge on any atom is -0.0102 e. The maximum absolute atomic E-state index is 3.97. The van der Waals surface area contributed by atoms with Crippen molar-refractivity contribution in [2.75, 3.05) is 0 Å². The van der Waals surface area contributed by atoms with Crippen molar-refractivity contribution < 1.29 is 0 Å². The Morgan fingerprint density at radius 1 is 0.944 bits per heavy atom. The number of hydrogen-bond donors (Lipinski definition) is 0. The Bertz CT molecular complexity index is 672. The van der Waals surface area contributed by atoms with Gasteiger partial charge in [0.25, 0.3) is 0 Å². The minimum absolute atomic E-state index is 1.12. The molecule has 1 aliphatic carbocycles. The summed E-state index contributed by atoms with van der Waals surface area (Å²) in [5.74, 6) is 0. The second-order valence-electron chi connectivity index (χ2n) is 4.61. The van der Waals surface area contributed by atoms with Crippen LogP contribution in [0.5, 0.6) is 0 Å². The van der Waals surface area contributed by atoms with Gasteiger partial charge in [-0.3, -0.25) is 0 Å². The molecule has 0 nitrogen and oxygen atoms in total. The number of aryl methyl sites for hydroxylation is 1. The molecule has 88 valence electrons. The summed E-state index contributed by atoms with van der Waals surface area (Å²) in [5.41, 5.74) is 5.19. The summed E-state index contributed by atoms with van der Waals surface area (Å²) in [6.45, 7) is 7.94. The van der Waals surface area contributed by atoms with Gasteiger partial charge < -0.3 is 0 Å². The molecule has 0 atom stereocenters. The normalized spacial score (nSPS) is 13.3. The van der Waals surface area contributed by atoms with Gasteiger partial charge in [-0.05, 0) is 45.9 Å². The van der Waals surface area contributed by atoms with Crippen molar-refractivity contribution in [2.24, 2.45) is 0 Å². The second-order valence-corrected chi connectivity index (χ2v) is 4.61. The maximum atomic E-state index is 3.97. The molecule has 0 saturated heterocycles. The average molecular weight is 232 g/mol. The zero-order valence-electron chi connectivity index (χ0n) is 10.4. The molecular weight excluding hydrogens is 216 g/mol. The topological polar surface area (TPSA) is 0 Å². The Labute approximate surface area is 108 Å². The molecule has 18 heavy (non-hydrogen) atoms. The SMILES string of the molecule is C=Cc1c2c(c3ccccc3c1C=C)CCC=C2. The Morgan fingerprint density at radius 3 is 2.39 bits per heavy atom. The lowest BCUT2D eigenvalue weighted by atomic mass is 9.85. The molecular formula is C18H16. The standard InChI is InChI=1S/C18H16/c1-3-13-14(4-2)16-10-6-8-12-18(16)17-11-7-5-9-15(13)17/h3-7,9-11H,1-2,8,12H2. The Morgan fingerprint density at radius 2 is 1.67 bits per heavy atom. The Hall–Kier alpha value is -2.08. The van der Waals surface area contributed by atoms with Crippen LogP contribution in [0, 0.1) is 0 Å². The quantitative estimate of drug-likeness (QED) is 0.677. The lowest BCUT2D eigenvalue weighted by Crippen LogP contribution is -2.01. The van der Waals surface area contributed by atoms with E-state index in [4.69, 9.17) is 0 Å². The highest BCUT2D eigenvalue weighted by atomic mass is 14.2. The summed E-state index contributed by atoms with van der Waals surface area (Å²) in [6.07, 6.45) is 10.6. The van der Waals surface area contributed by atoms with Crippen molar-refractivity contribution in [3.8, 4) is 0 Å². The van der Waals surface area contributed by atoms with E-state index < -0.39 is 0 Å². The Balaban J connectivity index is 2.55. The van der Waals surface area contributed by atoms with Gasteiger partial charge in [0.05, 0.1) is 0 Å². The fourth-order valence-corrected chi connectivity index (χ4v) is 2.91. The van der Waals surface area contributed by atoms with Crippen LogP contribution in [0.1, 0.15) is 28.7 Å². The average Bonchev–Trinajstić information content (AvgIpc) is 2.45. The van der Waals surface area contributed by atoms with E-state index in [9.17, 15) is 0 Å². The number of benzene rings is 2. The van der Waals surface area contributed by atoms with E-state index in [1.807, 2.05) is 12.2 Å². The van der Waals surface area contributed by atoms with Crippen molar-refractivity contribution in [2.45, 2.75) is 12.8 Å². The fourth-order valence-electron chi connectivity index (χ4n) is 2.91. The third-order valence-corrected chi connectivity index (χ3v) is 3.70. The third-order valence-electron chi connectivity index (χ3n) is 3.70. The van der Waals surface area contributed by atoms with Crippen LogP contribution in [0.25, 0.3) is 29.0 Å². The first-order valence-corrected chi connectivity index (χ1v) is 6.36. The summed E-state index contributed by atoms with van der Waals surface area (Å²) in [5, 5.41) is 2.65. The fraction of sp³-hybridized carbons (Fsp3) is 0.111.